The Morgan fingerprint density at radius 3 is 2.44 bits per heavy atom. The Morgan fingerprint density at radius 2 is 1.94 bits per heavy atom. The van der Waals surface area contributed by atoms with Crippen LogP contribution in [-0.2, 0) is 16.1 Å². The van der Waals surface area contributed by atoms with Crippen molar-refractivity contribution >= 4 is 27.9 Å². The van der Waals surface area contributed by atoms with Gasteiger partial charge in [-0.15, -0.1) is 0 Å². The quantitative estimate of drug-likeness (QED) is 0.837. The van der Waals surface area contributed by atoms with Gasteiger partial charge in [-0.25, -0.2) is 0 Å². The van der Waals surface area contributed by atoms with Crippen molar-refractivity contribution in [3.05, 3.63) is 34.3 Å². The van der Waals surface area contributed by atoms with E-state index in [1.807, 2.05) is 24.3 Å². The first-order valence-corrected chi connectivity index (χ1v) is 6.09. The summed E-state index contributed by atoms with van der Waals surface area (Å²) in [5.74, 6) is -2.26. The average molecular weight is 316 g/mol. The lowest BCUT2D eigenvalue weighted by Crippen LogP contribution is -2.39. The molecular weight excluding hydrogens is 302 g/mol. The summed E-state index contributed by atoms with van der Waals surface area (Å²) in [5, 5.41) is 17.7. The summed E-state index contributed by atoms with van der Waals surface area (Å²) in [7, 11) is 1.60. The monoisotopic (exact) mass is 315 g/mol. The molecule has 98 valence electrons. The molecule has 0 saturated carbocycles. The van der Waals surface area contributed by atoms with Gasteiger partial charge in [-0.05, 0) is 18.7 Å². The van der Waals surface area contributed by atoms with Crippen molar-refractivity contribution in [2.24, 2.45) is 0 Å². The Bertz CT molecular complexity index is 449. The number of carbonyl (C=O) groups is 2. The van der Waals surface area contributed by atoms with Crippen LogP contribution in [0.3, 0.4) is 0 Å². The highest BCUT2D eigenvalue weighted by molar-refractivity contribution is 9.10. The van der Waals surface area contributed by atoms with Crippen molar-refractivity contribution in [1.82, 2.24) is 4.90 Å². The summed E-state index contributed by atoms with van der Waals surface area (Å²) in [5.41, 5.74) is 0.914. The van der Waals surface area contributed by atoms with Crippen LogP contribution >= 0.6 is 15.9 Å². The molecule has 5 nitrogen and oxygen atoms in total. The maximum absolute atomic E-state index is 11.0. The van der Waals surface area contributed by atoms with E-state index in [1.165, 1.54) is 4.90 Å². The molecule has 0 amide bonds. The molecule has 2 N–H and O–H groups in total. The van der Waals surface area contributed by atoms with Crippen molar-refractivity contribution < 1.29 is 19.8 Å². The van der Waals surface area contributed by atoms with Crippen molar-refractivity contribution in [1.29, 1.82) is 0 Å². The molecule has 0 aromatic heterocycles. The van der Waals surface area contributed by atoms with Crippen LogP contribution in [-0.4, -0.2) is 40.1 Å². The Hall–Kier alpha value is -1.40. The number of rotatable bonds is 6. The fraction of sp³-hybridized carbons (Fsp3) is 0.333. The SMILES string of the molecule is CN(Cc1ccccc1Br)C(CC(=O)O)C(=O)O. The number of hydrogen-bond donors (Lipinski definition) is 2. The Balaban J connectivity index is 2.79. The molecule has 1 unspecified atom stereocenters. The van der Waals surface area contributed by atoms with Gasteiger partial charge in [0.05, 0.1) is 6.42 Å². The number of carboxylic acid groups (broad SMARTS) is 2. The molecule has 0 heterocycles. The van der Waals surface area contributed by atoms with Gasteiger partial charge in [0.15, 0.2) is 0 Å². The van der Waals surface area contributed by atoms with Gasteiger partial charge in [-0.3, -0.25) is 14.5 Å². The lowest BCUT2D eigenvalue weighted by atomic mass is 10.1. The number of halogens is 1. The molecule has 0 spiro atoms. The van der Waals surface area contributed by atoms with Gasteiger partial charge < -0.3 is 10.2 Å². The first kappa shape index (κ1) is 14.7. The molecule has 0 aliphatic heterocycles. The van der Waals surface area contributed by atoms with Gasteiger partial charge in [0.25, 0.3) is 0 Å². The Labute approximate surface area is 113 Å². The molecule has 6 heteroatoms. The number of nitrogens with zero attached hydrogens (tertiary/aromatic N) is 1. The van der Waals surface area contributed by atoms with E-state index in [9.17, 15) is 9.59 Å². The van der Waals surface area contributed by atoms with E-state index in [0.29, 0.717) is 6.54 Å². The van der Waals surface area contributed by atoms with Crippen LogP contribution in [0.5, 0.6) is 0 Å². The third kappa shape index (κ3) is 4.12. The number of likely N-dealkylation sites (N-methyl/N-ethyl adjacent to an activating group) is 1. The van der Waals surface area contributed by atoms with Crippen LogP contribution in [0, 0.1) is 0 Å². The smallest absolute Gasteiger partial charge is 0.321 e. The third-order valence-corrected chi connectivity index (χ3v) is 3.34. The molecule has 1 atom stereocenters. The largest absolute Gasteiger partial charge is 0.481 e. The third-order valence-electron chi connectivity index (χ3n) is 2.56. The van der Waals surface area contributed by atoms with E-state index in [1.54, 1.807) is 7.05 Å². The van der Waals surface area contributed by atoms with Gasteiger partial charge in [0.1, 0.15) is 6.04 Å². The number of benzene rings is 1. The highest BCUT2D eigenvalue weighted by Gasteiger charge is 2.25. The lowest BCUT2D eigenvalue weighted by molar-refractivity contribution is -0.149. The molecule has 0 radical (unpaired) electrons. The lowest BCUT2D eigenvalue weighted by Gasteiger charge is -2.23. The van der Waals surface area contributed by atoms with E-state index in [0.717, 1.165) is 10.0 Å². The van der Waals surface area contributed by atoms with Gasteiger partial charge in [0, 0.05) is 11.0 Å². The Morgan fingerprint density at radius 1 is 1.33 bits per heavy atom. The van der Waals surface area contributed by atoms with Crippen LogP contribution in [0.2, 0.25) is 0 Å². The van der Waals surface area contributed by atoms with Crippen molar-refractivity contribution in [3.63, 3.8) is 0 Å². The first-order chi connectivity index (χ1) is 8.41. The molecule has 1 aromatic rings. The maximum atomic E-state index is 11.0. The summed E-state index contributed by atoms with van der Waals surface area (Å²) >= 11 is 3.37. The van der Waals surface area contributed by atoms with Crippen LogP contribution in [0.4, 0.5) is 0 Å². The zero-order valence-corrected chi connectivity index (χ0v) is 11.4. The highest BCUT2D eigenvalue weighted by atomic mass is 79.9. The van der Waals surface area contributed by atoms with E-state index in [4.69, 9.17) is 10.2 Å². The minimum Gasteiger partial charge on any atom is -0.481 e. The fourth-order valence-corrected chi connectivity index (χ4v) is 2.01. The predicted molar refractivity (Wildman–Crippen MR) is 69.3 cm³/mol. The number of aliphatic carboxylic acids is 2. The van der Waals surface area contributed by atoms with Crippen LogP contribution < -0.4 is 0 Å². The fourth-order valence-electron chi connectivity index (χ4n) is 1.60. The summed E-state index contributed by atoms with van der Waals surface area (Å²) in [4.78, 5) is 23.2. The van der Waals surface area contributed by atoms with Crippen molar-refractivity contribution in [2.75, 3.05) is 7.05 Å². The molecule has 0 fully saturated rings. The zero-order valence-electron chi connectivity index (χ0n) is 9.84. The molecule has 0 saturated heterocycles. The van der Waals surface area contributed by atoms with Crippen LogP contribution in [0.1, 0.15) is 12.0 Å². The first-order valence-electron chi connectivity index (χ1n) is 5.30. The van der Waals surface area contributed by atoms with E-state index >= 15 is 0 Å². The standard InChI is InChI=1S/C12H14BrNO4/c1-14(10(12(17)18)6-11(15)16)7-8-4-2-3-5-9(8)13/h2-5,10H,6-7H2,1H3,(H,15,16)(H,17,18). The minimum absolute atomic E-state index is 0.367. The van der Waals surface area contributed by atoms with E-state index in [2.05, 4.69) is 15.9 Å². The molecule has 1 rings (SSSR count). The maximum Gasteiger partial charge on any atom is 0.321 e. The second kappa shape index (κ2) is 6.51. The van der Waals surface area contributed by atoms with Crippen LogP contribution in [0.15, 0.2) is 28.7 Å². The molecular formula is C12H14BrNO4. The number of hydrogen-bond acceptors (Lipinski definition) is 3. The van der Waals surface area contributed by atoms with Crippen molar-refractivity contribution in [3.8, 4) is 0 Å². The van der Waals surface area contributed by atoms with Gasteiger partial charge in [-0.1, -0.05) is 34.1 Å². The molecule has 0 aliphatic carbocycles. The topological polar surface area (TPSA) is 77.8 Å². The van der Waals surface area contributed by atoms with E-state index < -0.39 is 24.4 Å². The molecule has 0 bridgehead atoms. The molecule has 0 aliphatic rings. The summed E-state index contributed by atoms with van der Waals surface area (Å²) < 4.78 is 0.872. The average Bonchev–Trinajstić information content (AvgIpc) is 2.28. The summed E-state index contributed by atoms with van der Waals surface area (Å²) in [6.07, 6.45) is -0.420. The molecule has 1 aromatic carbocycles. The minimum atomic E-state index is -1.13. The predicted octanol–water partition coefficient (Wildman–Crippen LogP) is 1.81. The zero-order chi connectivity index (χ0) is 13.7. The van der Waals surface area contributed by atoms with Crippen LogP contribution in [0.25, 0.3) is 0 Å². The normalized spacial score (nSPS) is 12.4. The van der Waals surface area contributed by atoms with Gasteiger partial charge >= 0.3 is 11.9 Å². The second-order valence-electron chi connectivity index (χ2n) is 3.96. The van der Waals surface area contributed by atoms with Gasteiger partial charge in [0.2, 0.25) is 0 Å². The summed E-state index contributed by atoms with van der Waals surface area (Å²) in [6, 6.07) is 6.39. The Kier molecular flexibility index (Phi) is 5.30. The number of carboxylic acids is 2. The van der Waals surface area contributed by atoms with Gasteiger partial charge in [-0.2, -0.15) is 0 Å². The summed E-state index contributed by atoms with van der Waals surface area (Å²) in [6.45, 7) is 0.367. The molecule has 18 heavy (non-hydrogen) atoms. The van der Waals surface area contributed by atoms with E-state index in [-0.39, 0.29) is 0 Å². The van der Waals surface area contributed by atoms with Crippen molar-refractivity contribution in [2.45, 2.75) is 19.0 Å². The highest BCUT2D eigenvalue weighted by Crippen LogP contribution is 2.18. The second-order valence-corrected chi connectivity index (χ2v) is 4.81.